The lowest BCUT2D eigenvalue weighted by Gasteiger charge is -2.30. The van der Waals surface area contributed by atoms with Crippen molar-refractivity contribution in [3.8, 4) is 0 Å². The van der Waals surface area contributed by atoms with Crippen LogP contribution in [-0.2, 0) is 16.1 Å². The molecular weight excluding hydrogens is 394 g/mol. The van der Waals surface area contributed by atoms with Crippen LogP contribution in [0.4, 0.5) is 5.69 Å². The Morgan fingerprint density at radius 1 is 1.16 bits per heavy atom. The zero-order valence-electron chi connectivity index (χ0n) is 18.0. The second-order valence-corrected chi connectivity index (χ2v) is 8.97. The van der Waals surface area contributed by atoms with E-state index in [0.29, 0.717) is 30.8 Å². The lowest BCUT2D eigenvalue weighted by atomic mass is 9.94. The molecule has 2 amide bonds. The highest BCUT2D eigenvalue weighted by molar-refractivity contribution is 5.98. The van der Waals surface area contributed by atoms with Crippen LogP contribution in [-0.4, -0.2) is 43.5 Å². The van der Waals surface area contributed by atoms with E-state index in [1.807, 2.05) is 45.0 Å². The van der Waals surface area contributed by atoms with Crippen LogP contribution in [0.15, 0.2) is 53.5 Å². The maximum atomic E-state index is 12.9. The van der Waals surface area contributed by atoms with Gasteiger partial charge in [-0.15, -0.1) is 5.10 Å². The van der Waals surface area contributed by atoms with Crippen LogP contribution in [0.1, 0.15) is 39.2 Å². The van der Waals surface area contributed by atoms with Crippen molar-refractivity contribution in [1.82, 2.24) is 19.1 Å². The summed E-state index contributed by atoms with van der Waals surface area (Å²) in [6, 6.07) is 12.3. The fraction of sp³-hybridized carbons (Fsp3) is 0.391. The fourth-order valence-electron chi connectivity index (χ4n) is 3.93. The maximum Gasteiger partial charge on any atom is 0.350 e. The first-order chi connectivity index (χ1) is 14.7. The molecule has 3 aromatic rings. The number of nitrogens with one attached hydrogen (secondary N) is 1. The lowest BCUT2D eigenvalue weighted by Crippen LogP contribution is -2.47. The summed E-state index contributed by atoms with van der Waals surface area (Å²) in [7, 11) is 0. The van der Waals surface area contributed by atoms with Gasteiger partial charge in [0.25, 0.3) is 0 Å². The number of benzene rings is 1. The third-order valence-electron chi connectivity index (χ3n) is 5.47. The van der Waals surface area contributed by atoms with Crippen LogP contribution in [0, 0.1) is 5.41 Å². The van der Waals surface area contributed by atoms with Gasteiger partial charge in [-0.25, -0.2) is 9.48 Å². The summed E-state index contributed by atoms with van der Waals surface area (Å²) in [4.78, 5) is 39.8. The van der Waals surface area contributed by atoms with Gasteiger partial charge in [0.1, 0.15) is 6.04 Å². The van der Waals surface area contributed by atoms with Crippen LogP contribution in [0.5, 0.6) is 0 Å². The predicted octanol–water partition coefficient (Wildman–Crippen LogP) is 2.52. The van der Waals surface area contributed by atoms with E-state index in [0.717, 1.165) is 12.0 Å². The quantitative estimate of drug-likeness (QED) is 0.701. The first-order valence-corrected chi connectivity index (χ1v) is 10.5. The SMILES string of the molecule is CC(C)(C)C(=O)N1CCCC1C(=O)Nc1cccc(Cn2nc3ccccn3c2=O)c1. The van der Waals surface area contributed by atoms with Crippen molar-refractivity contribution >= 4 is 23.1 Å². The van der Waals surface area contributed by atoms with Crippen molar-refractivity contribution in [2.45, 2.75) is 46.2 Å². The Kier molecular flexibility index (Phi) is 5.39. The monoisotopic (exact) mass is 421 g/mol. The van der Waals surface area contributed by atoms with E-state index in [4.69, 9.17) is 0 Å². The standard InChI is InChI=1S/C23H27N5O3/c1-23(2,3)21(30)26-13-7-10-18(26)20(29)24-17-9-6-8-16(14-17)15-28-22(31)27-12-5-4-11-19(27)25-28/h4-6,8-9,11-12,14,18H,7,10,13,15H2,1-3H3,(H,24,29). The van der Waals surface area contributed by atoms with Gasteiger partial charge in [-0.05, 0) is 42.7 Å². The van der Waals surface area contributed by atoms with Gasteiger partial charge >= 0.3 is 5.69 Å². The fourth-order valence-corrected chi connectivity index (χ4v) is 3.93. The molecule has 1 N–H and O–H groups in total. The summed E-state index contributed by atoms with van der Waals surface area (Å²) in [6.07, 6.45) is 3.16. The summed E-state index contributed by atoms with van der Waals surface area (Å²) in [5.41, 5.74) is 1.32. The third kappa shape index (κ3) is 4.23. The van der Waals surface area contributed by atoms with Gasteiger partial charge < -0.3 is 10.2 Å². The van der Waals surface area contributed by atoms with Gasteiger partial charge in [-0.3, -0.25) is 14.0 Å². The molecule has 0 radical (unpaired) electrons. The summed E-state index contributed by atoms with van der Waals surface area (Å²) < 4.78 is 2.89. The number of carbonyl (C=O) groups is 2. The predicted molar refractivity (Wildman–Crippen MR) is 118 cm³/mol. The number of anilines is 1. The Morgan fingerprint density at radius 2 is 1.97 bits per heavy atom. The van der Waals surface area contributed by atoms with E-state index in [9.17, 15) is 14.4 Å². The average Bonchev–Trinajstić information content (AvgIpc) is 3.33. The first-order valence-electron chi connectivity index (χ1n) is 10.5. The summed E-state index contributed by atoms with van der Waals surface area (Å²) in [5.74, 6) is -0.192. The van der Waals surface area contributed by atoms with Gasteiger partial charge in [0.15, 0.2) is 5.65 Å². The number of amides is 2. The van der Waals surface area contributed by atoms with Gasteiger partial charge in [-0.1, -0.05) is 39.0 Å². The molecule has 31 heavy (non-hydrogen) atoms. The molecule has 1 atom stereocenters. The van der Waals surface area contributed by atoms with Crippen molar-refractivity contribution < 1.29 is 9.59 Å². The second-order valence-electron chi connectivity index (χ2n) is 8.97. The van der Waals surface area contributed by atoms with Crippen molar-refractivity contribution in [1.29, 1.82) is 0 Å². The Hall–Kier alpha value is -3.42. The number of nitrogens with zero attached hydrogens (tertiary/aromatic N) is 4. The van der Waals surface area contributed by atoms with Crippen LogP contribution < -0.4 is 11.0 Å². The van der Waals surface area contributed by atoms with E-state index in [1.54, 1.807) is 29.3 Å². The molecule has 0 bridgehead atoms. The zero-order chi connectivity index (χ0) is 22.2. The number of likely N-dealkylation sites (tertiary alicyclic amines) is 1. The first kappa shape index (κ1) is 20.8. The molecule has 1 unspecified atom stereocenters. The summed E-state index contributed by atoms with van der Waals surface area (Å²) in [5, 5.41) is 7.29. The van der Waals surface area contributed by atoms with Gasteiger partial charge in [0, 0.05) is 23.8 Å². The van der Waals surface area contributed by atoms with Crippen molar-refractivity contribution in [3.63, 3.8) is 0 Å². The minimum Gasteiger partial charge on any atom is -0.330 e. The summed E-state index contributed by atoms with van der Waals surface area (Å²) in [6.45, 7) is 6.50. The molecule has 0 saturated carbocycles. The topological polar surface area (TPSA) is 88.7 Å². The summed E-state index contributed by atoms with van der Waals surface area (Å²) >= 11 is 0. The highest BCUT2D eigenvalue weighted by Crippen LogP contribution is 2.26. The number of fused-ring (bicyclic) bond motifs is 1. The van der Waals surface area contributed by atoms with Crippen molar-refractivity contribution in [3.05, 3.63) is 64.7 Å². The maximum absolute atomic E-state index is 12.9. The van der Waals surface area contributed by atoms with Crippen LogP contribution in [0.3, 0.4) is 0 Å². The number of hydrogen-bond donors (Lipinski definition) is 1. The molecule has 0 spiro atoms. The molecule has 4 rings (SSSR count). The molecule has 2 aromatic heterocycles. The molecular formula is C23H27N5O3. The van der Waals surface area contributed by atoms with Crippen LogP contribution >= 0.6 is 0 Å². The zero-order valence-corrected chi connectivity index (χ0v) is 18.0. The Balaban J connectivity index is 1.49. The Morgan fingerprint density at radius 3 is 2.71 bits per heavy atom. The van der Waals surface area contributed by atoms with E-state index in [2.05, 4.69) is 10.4 Å². The number of aromatic nitrogens is 3. The number of rotatable bonds is 4. The minimum absolute atomic E-state index is 0.00914. The number of pyridine rings is 1. The largest absolute Gasteiger partial charge is 0.350 e. The van der Waals surface area contributed by atoms with E-state index in [1.165, 1.54) is 9.08 Å². The van der Waals surface area contributed by atoms with Gasteiger partial charge in [0.2, 0.25) is 11.8 Å². The second kappa shape index (κ2) is 8.02. The molecule has 1 fully saturated rings. The highest BCUT2D eigenvalue weighted by Gasteiger charge is 2.38. The van der Waals surface area contributed by atoms with Crippen molar-refractivity contribution in [2.24, 2.45) is 5.41 Å². The van der Waals surface area contributed by atoms with Gasteiger partial charge in [-0.2, -0.15) is 0 Å². The molecule has 162 valence electrons. The highest BCUT2D eigenvalue weighted by atomic mass is 16.2. The van der Waals surface area contributed by atoms with E-state index >= 15 is 0 Å². The molecule has 8 nitrogen and oxygen atoms in total. The average molecular weight is 422 g/mol. The number of hydrogen-bond acceptors (Lipinski definition) is 4. The Bertz CT molecular complexity index is 1190. The molecule has 1 aliphatic heterocycles. The molecule has 1 aliphatic rings. The molecule has 0 aliphatic carbocycles. The third-order valence-corrected chi connectivity index (χ3v) is 5.47. The van der Waals surface area contributed by atoms with Gasteiger partial charge in [0.05, 0.1) is 6.54 Å². The van der Waals surface area contributed by atoms with E-state index in [-0.39, 0.29) is 17.5 Å². The Labute approximate surface area is 180 Å². The smallest absolute Gasteiger partial charge is 0.330 e. The molecule has 8 heteroatoms. The van der Waals surface area contributed by atoms with Crippen molar-refractivity contribution in [2.75, 3.05) is 11.9 Å². The van der Waals surface area contributed by atoms with E-state index < -0.39 is 11.5 Å². The van der Waals surface area contributed by atoms with Crippen LogP contribution in [0.2, 0.25) is 0 Å². The molecule has 1 saturated heterocycles. The molecule has 1 aromatic carbocycles. The molecule has 3 heterocycles. The number of carbonyl (C=O) groups excluding carboxylic acids is 2. The minimum atomic E-state index is -0.524. The lowest BCUT2D eigenvalue weighted by molar-refractivity contribution is -0.143. The normalized spacial score (nSPS) is 16.6. The van der Waals surface area contributed by atoms with Crippen LogP contribution in [0.25, 0.3) is 5.65 Å².